The molecule has 2 aromatic heterocycles. The van der Waals surface area contributed by atoms with Crippen LogP contribution in [-0.4, -0.2) is 28.0 Å². The number of halogens is 5. The Kier molecular flexibility index (Phi) is 13.9. The molecule has 3 rings (SSSR count). The average molecular weight is 670 g/mol. The Balaban J connectivity index is 2.01. The summed E-state index contributed by atoms with van der Waals surface area (Å²) in [5, 5.41) is 3.35. The molecule has 1 N–H and O–H groups in total. The number of alkyl halides is 3. The van der Waals surface area contributed by atoms with E-state index >= 15 is 4.39 Å². The predicted molar refractivity (Wildman–Crippen MR) is 180 cm³/mol. The fraction of sp³-hybridized carbons (Fsp3) is 0.618. The van der Waals surface area contributed by atoms with Crippen molar-refractivity contribution in [1.82, 2.24) is 15.0 Å². The highest BCUT2D eigenvalue weighted by Crippen LogP contribution is 2.40. The van der Waals surface area contributed by atoms with E-state index in [9.17, 15) is 13.2 Å². The molecule has 0 radical (unpaired) electrons. The Morgan fingerprint density at radius 3 is 2.33 bits per heavy atom. The van der Waals surface area contributed by atoms with Crippen molar-refractivity contribution in [3.05, 3.63) is 45.8 Å². The number of hydrogen-bond acceptors (Lipinski definition) is 6. The first-order valence-corrected chi connectivity index (χ1v) is 17.4. The molecule has 250 valence electrons. The lowest BCUT2D eigenvalue weighted by Gasteiger charge is -2.26. The summed E-state index contributed by atoms with van der Waals surface area (Å²) >= 11 is 7.48. The smallest absolute Gasteiger partial charge is 0.354 e. The van der Waals surface area contributed by atoms with Gasteiger partial charge in [-0.05, 0) is 61.1 Å². The van der Waals surface area contributed by atoms with Crippen LogP contribution in [0, 0.1) is 29.5 Å². The van der Waals surface area contributed by atoms with Crippen molar-refractivity contribution in [3.63, 3.8) is 0 Å². The van der Waals surface area contributed by atoms with Crippen LogP contribution in [0.1, 0.15) is 97.4 Å². The van der Waals surface area contributed by atoms with Crippen molar-refractivity contribution in [2.75, 3.05) is 23.3 Å². The Labute approximate surface area is 275 Å². The van der Waals surface area contributed by atoms with Gasteiger partial charge in [-0.3, -0.25) is 0 Å². The van der Waals surface area contributed by atoms with Crippen LogP contribution in [0.2, 0.25) is 5.02 Å². The van der Waals surface area contributed by atoms with Gasteiger partial charge in [-0.15, -0.1) is 11.3 Å². The second-order valence-corrected chi connectivity index (χ2v) is 14.0. The lowest BCUT2D eigenvalue weighted by Crippen LogP contribution is -2.28. The van der Waals surface area contributed by atoms with Crippen LogP contribution in [0.3, 0.4) is 0 Å². The largest absolute Gasteiger partial charge is 0.416 e. The van der Waals surface area contributed by atoms with Gasteiger partial charge in [0.05, 0.1) is 11.3 Å². The third-order valence-electron chi connectivity index (χ3n) is 8.89. The highest BCUT2D eigenvalue weighted by atomic mass is 35.5. The Hall–Kier alpha value is -2.46. The molecule has 0 amide bonds. The van der Waals surface area contributed by atoms with E-state index in [2.05, 4.69) is 56.8 Å². The van der Waals surface area contributed by atoms with Crippen molar-refractivity contribution >= 4 is 39.7 Å². The van der Waals surface area contributed by atoms with E-state index in [0.717, 1.165) is 55.5 Å². The van der Waals surface area contributed by atoms with Gasteiger partial charge in [0.15, 0.2) is 16.8 Å². The van der Waals surface area contributed by atoms with Gasteiger partial charge in [-0.25, -0.2) is 15.0 Å². The van der Waals surface area contributed by atoms with Gasteiger partial charge in [0.2, 0.25) is 5.82 Å². The summed E-state index contributed by atoms with van der Waals surface area (Å²) in [6, 6.07) is 3.49. The first-order valence-electron chi connectivity index (χ1n) is 16.2. The third kappa shape index (κ3) is 10.3. The van der Waals surface area contributed by atoms with E-state index < -0.39 is 17.6 Å². The molecular formula is C34H48ClF4N5S. The van der Waals surface area contributed by atoms with Crippen molar-refractivity contribution < 1.29 is 17.6 Å². The quantitative estimate of drug-likeness (QED) is 0.145. The molecule has 4 atom stereocenters. The first kappa shape index (κ1) is 37.0. The van der Waals surface area contributed by atoms with E-state index in [-0.39, 0.29) is 28.1 Å². The second-order valence-electron chi connectivity index (χ2n) is 12.5. The summed E-state index contributed by atoms with van der Waals surface area (Å²) in [5.74, 6) is 1.24. The van der Waals surface area contributed by atoms with Crippen LogP contribution < -0.4 is 10.2 Å². The number of aromatic nitrogens is 3. The summed E-state index contributed by atoms with van der Waals surface area (Å²) in [4.78, 5) is 15.9. The molecule has 0 spiro atoms. The zero-order valence-electron chi connectivity index (χ0n) is 27.6. The van der Waals surface area contributed by atoms with Gasteiger partial charge in [-0.1, -0.05) is 85.8 Å². The minimum Gasteiger partial charge on any atom is -0.354 e. The van der Waals surface area contributed by atoms with Gasteiger partial charge in [-0.2, -0.15) is 17.6 Å². The van der Waals surface area contributed by atoms with Crippen molar-refractivity contribution in [2.45, 2.75) is 99.6 Å². The minimum atomic E-state index is -4.56. The molecule has 3 aromatic rings. The Bertz CT molecular complexity index is 1360. The zero-order valence-corrected chi connectivity index (χ0v) is 29.1. The van der Waals surface area contributed by atoms with Gasteiger partial charge in [0.25, 0.3) is 0 Å². The number of unbranched alkanes of at least 4 members (excludes halogenated alkanes) is 1. The standard InChI is InChI=1S/C34H48ClF4N5S/c1-8-11-12-22(5)24(7)23(6)16-28-30(25-17-26(34(37,38)39)19-27(35)18-25)42-33(45-28)43-31-29(36)32(41-20-40-31)44(14-9-2)15-13-21(4)10-3/h17-24H,8-16H2,1-7H3,(H,40,41,42,43). The molecule has 4 unspecified atom stereocenters. The van der Waals surface area contributed by atoms with Gasteiger partial charge >= 0.3 is 6.18 Å². The van der Waals surface area contributed by atoms with E-state index in [1.54, 1.807) is 0 Å². The van der Waals surface area contributed by atoms with Crippen molar-refractivity contribution in [2.24, 2.45) is 23.7 Å². The predicted octanol–water partition coefficient (Wildman–Crippen LogP) is 11.4. The zero-order chi connectivity index (χ0) is 33.3. The lowest BCUT2D eigenvalue weighted by atomic mass is 9.80. The maximum Gasteiger partial charge on any atom is 0.416 e. The number of thiazole rings is 1. The summed E-state index contributed by atoms with van der Waals surface area (Å²) < 4.78 is 57.1. The van der Waals surface area contributed by atoms with Gasteiger partial charge in [0.1, 0.15) is 6.33 Å². The number of benzene rings is 1. The van der Waals surface area contributed by atoms with E-state index in [4.69, 9.17) is 16.6 Å². The van der Waals surface area contributed by atoms with Crippen LogP contribution in [0.5, 0.6) is 0 Å². The number of anilines is 3. The first-order chi connectivity index (χ1) is 21.3. The van der Waals surface area contributed by atoms with Crippen LogP contribution >= 0.6 is 22.9 Å². The number of hydrogen-bond donors (Lipinski definition) is 1. The fourth-order valence-corrected chi connectivity index (χ4v) is 6.79. The fourth-order valence-electron chi connectivity index (χ4n) is 5.43. The summed E-state index contributed by atoms with van der Waals surface area (Å²) in [5.41, 5.74) is -0.157. The SMILES string of the molecule is CCCCC(C)C(C)C(C)Cc1sc(Nc2ncnc(N(CCC)CCC(C)CC)c2F)nc1-c1cc(Cl)cc(C(F)(F)F)c1. The molecule has 0 bridgehead atoms. The molecule has 0 fully saturated rings. The Morgan fingerprint density at radius 2 is 1.69 bits per heavy atom. The average Bonchev–Trinajstić information content (AvgIpc) is 3.39. The van der Waals surface area contributed by atoms with Gasteiger partial charge in [0, 0.05) is 28.6 Å². The second kappa shape index (κ2) is 16.9. The molecule has 2 heterocycles. The highest BCUT2D eigenvalue weighted by molar-refractivity contribution is 7.16. The highest BCUT2D eigenvalue weighted by Gasteiger charge is 2.32. The van der Waals surface area contributed by atoms with Crippen LogP contribution in [0.4, 0.5) is 34.3 Å². The maximum absolute atomic E-state index is 15.9. The number of nitrogens with zero attached hydrogens (tertiary/aromatic N) is 4. The maximum atomic E-state index is 15.9. The molecular weight excluding hydrogens is 622 g/mol. The molecule has 45 heavy (non-hydrogen) atoms. The van der Waals surface area contributed by atoms with E-state index in [0.29, 0.717) is 48.1 Å². The van der Waals surface area contributed by atoms with Crippen LogP contribution in [0.25, 0.3) is 11.3 Å². The van der Waals surface area contributed by atoms with E-state index in [1.807, 2.05) is 11.8 Å². The molecule has 5 nitrogen and oxygen atoms in total. The van der Waals surface area contributed by atoms with Crippen LogP contribution in [0.15, 0.2) is 24.5 Å². The summed E-state index contributed by atoms with van der Waals surface area (Å²) in [6.45, 7) is 16.5. The van der Waals surface area contributed by atoms with Crippen molar-refractivity contribution in [3.8, 4) is 11.3 Å². The summed E-state index contributed by atoms with van der Waals surface area (Å²) in [6.07, 6.45) is 3.57. The monoisotopic (exact) mass is 669 g/mol. The number of rotatable bonds is 17. The Morgan fingerprint density at radius 1 is 0.956 bits per heavy atom. The molecule has 0 saturated heterocycles. The summed E-state index contributed by atoms with van der Waals surface area (Å²) in [7, 11) is 0. The van der Waals surface area contributed by atoms with Gasteiger partial charge < -0.3 is 10.2 Å². The molecule has 0 aliphatic carbocycles. The van der Waals surface area contributed by atoms with Crippen LogP contribution in [-0.2, 0) is 12.6 Å². The van der Waals surface area contributed by atoms with Crippen molar-refractivity contribution in [1.29, 1.82) is 0 Å². The third-order valence-corrected chi connectivity index (χ3v) is 10.1. The van der Waals surface area contributed by atoms with E-state index in [1.165, 1.54) is 23.7 Å². The molecule has 1 aromatic carbocycles. The minimum absolute atomic E-state index is 0.0202. The molecule has 0 aliphatic rings. The lowest BCUT2D eigenvalue weighted by molar-refractivity contribution is -0.137. The molecule has 11 heteroatoms. The molecule has 0 saturated carbocycles. The molecule has 0 aliphatic heterocycles. The topological polar surface area (TPSA) is 53.9 Å². The normalized spacial score (nSPS) is 14.7. The number of nitrogens with one attached hydrogen (secondary N) is 1.